The molecule has 4 aromatic rings. The van der Waals surface area contributed by atoms with E-state index < -0.39 is 0 Å². The van der Waals surface area contributed by atoms with Gasteiger partial charge in [0.1, 0.15) is 0 Å². The predicted molar refractivity (Wildman–Crippen MR) is 225 cm³/mol. The van der Waals surface area contributed by atoms with Gasteiger partial charge in [0.05, 0.1) is 0 Å². The van der Waals surface area contributed by atoms with Crippen LogP contribution in [0.5, 0.6) is 0 Å². The van der Waals surface area contributed by atoms with Crippen LogP contribution in [0.4, 0.5) is 11.4 Å². The van der Waals surface area contributed by atoms with E-state index in [0.717, 1.165) is 37.1 Å². The van der Waals surface area contributed by atoms with Gasteiger partial charge >= 0.3 is 0 Å². The third kappa shape index (κ3) is 15.7. The molecule has 0 heterocycles. The highest BCUT2D eigenvalue weighted by atomic mass is 14.6. The average molecular weight is 687 g/mol. The van der Waals surface area contributed by atoms with Crippen molar-refractivity contribution in [3.8, 4) is 0 Å². The molecule has 0 aliphatic carbocycles. The van der Waals surface area contributed by atoms with E-state index in [-0.39, 0.29) is 0 Å². The summed E-state index contributed by atoms with van der Waals surface area (Å²) in [7, 11) is 0. The molecule has 4 N–H and O–H groups in total. The first kappa shape index (κ1) is 40.3. The third-order valence-corrected chi connectivity index (χ3v) is 10.8. The molecule has 2 heteroatoms. The Balaban J connectivity index is 0.978. The molecule has 0 bridgehead atoms. The van der Waals surface area contributed by atoms with Crippen molar-refractivity contribution in [1.29, 1.82) is 0 Å². The zero-order valence-corrected chi connectivity index (χ0v) is 32.5. The van der Waals surface area contributed by atoms with Crippen molar-refractivity contribution >= 4 is 11.4 Å². The number of benzene rings is 4. The zero-order chi connectivity index (χ0) is 35.9. The normalized spacial score (nSPS) is 11.3. The van der Waals surface area contributed by atoms with E-state index in [9.17, 15) is 0 Å². The van der Waals surface area contributed by atoms with Gasteiger partial charge in [-0.25, -0.2) is 0 Å². The largest absolute Gasteiger partial charge is 0.399 e. The summed E-state index contributed by atoms with van der Waals surface area (Å²) < 4.78 is 0. The molecule has 0 aromatic heterocycles. The Kier molecular flexibility index (Phi) is 18.8. The van der Waals surface area contributed by atoms with Gasteiger partial charge in [-0.1, -0.05) is 170 Å². The van der Waals surface area contributed by atoms with Crippen molar-refractivity contribution in [3.05, 3.63) is 129 Å². The van der Waals surface area contributed by atoms with Crippen molar-refractivity contribution in [1.82, 2.24) is 0 Å². The number of nitrogens with two attached hydrogens (primary N) is 2. The monoisotopic (exact) mass is 687 g/mol. The van der Waals surface area contributed by atoms with Gasteiger partial charge in [-0.3, -0.25) is 0 Å². The summed E-state index contributed by atoms with van der Waals surface area (Å²) >= 11 is 0. The maximum absolute atomic E-state index is 6.25. The van der Waals surface area contributed by atoms with E-state index in [0.29, 0.717) is 0 Å². The van der Waals surface area contributed by atoms with Crippen LogP contribution in [0.3, 0.4) is 0 Å². The lowest BCUT2D eigenvalue weighted by Crippen LogP contribution is -1.98. The summed E-state index contributed by atoms with van der Waals surface area (Å²) in [4.78, 5) is 0. The minimum Gasteiger partial charge on any atom is -0.399 e. The summed E-state index contributed by atoms with van der Waals surface area (Å²) in [5.41, 5.74) is 25.5. The highest BCUT2D eigenvalue weighted by Crippen LogP contribution is 2.22. The second-order valence-electron chi connectivity index (χ2n) is 15.4. The summed E-state index contributed by atoms with van der Waals surface area (Å²) in [5.74, 6) is 0. The quantitative estimate of drug-likeness (QED) is 0.0510. The summed E-state index contributed by atoms with van der Waals surface area (Å²) in [5, 5.41) is 0. The van der Waals surface area contributed by atoms with Crippen molar-refractivity contribution in [2.24, 2.45) is 0 Å². The van der Waals surface area contributed by atoms with Gasteiger partial charge in [0, 0.05) is 11.4 Å². The van der Waals surface area contributed by atoms with Gasteiger partial charge in [-0.15, -0.1) is 0 Å². The second-order valence-corrected chi connectivity index (χ2v) is 15.4. The third-order valence-electron chi connectivity index (χ3n) is 10.8. The molecule has 0 saturated heterocycles. The van der Waals surface area contributed by atoms with Gasteiger partial charge in [0.15, 0.2) is 0 Å². The van der Waals surface area contributed by atoms with Gasteiger partial charge in [-0.2, -0.15) is 0 Å². The van der Waals surface area contributed by atoms with Gasteiger partial charge < -0.3 is 11.5 Å². The van der Waals surface area contributed by atoms with Crippen molar-refractivity contribution in [3.63, 3.8) is 0 Å². The van der Waals surface area contributed by atoms with Crippen LogP contribution in [-0.2, 0) is 38.5 Å². The van der Waals surface area contributed by atoms with Crippen LogP contribution < -0.4 is 11.5 Å². The molecule has 0 atom stereocenters. The van der Waals surface area contributed by atoms with E-state index in [1.165, 1.54) is 167 Å². The number of aryl methyl sites for hydroxylation is 4. The van der Waals surface area contributed by atoms with E-state index in [2.05, 4.69) is 98.8 Å². The summed E-state index contributed by atoms with van der Waals surface area (Å²) in [6.45, 7) is 4.51. The maximum Gasteiger partial charge on any atom is 0.0346 e. The number of anilines is 2. The summed E-state index contributed by atoms with van der Waals surface area (Å²) in [6, 6.07) is 31.9. The molecule has 4 rings (SSSR count). The highest BCUT2D eigenvalue weighted by molar-refractivity contribution is 5.50. The molecule has 0 saturated carbocycles. The molecule has 0 amide bonds. The predicted octanol–water partition coefficient (Wildman–Crippen LogP) is 13.6. The first-order valence-corrected chi connectivity index (χ1v) is 20.9. The average Bonchev–Trinajstić information content (AvgIpc) is 3.14. The molecule has 0 fully saturated rings. The highest BCUT2D eigenvalue weighted by Gasteiger charge is 2.06. The smallest absolute Gasteiger partial charge is 0.0346 e. The van der Waals surface area contributed by atoms with Crippen LogP contribution in [0.25, 0.3) is 0 Å². The van der Waals surface area contributed by atoms with Crippen LogP contribution in [0.1, 0.15) is 168 Å². The van der Waals surface area contributed by atoms with Gasteiger partial charge in [0.25, 0.3) is 0 Å². The lowest BCUT2D eigenvalue weighted by molar-refractivity contribution is 0.545. The van der Waals surface area contributed by atoms with E-state index >= 15 is 0 Å². The lowest BCUT2D eigenvalue weighted by Gasteiger charge is -2.10. The topological polar surface area (TPSA) is 52.0 Å². The van der Waals surface area contributed by atoms with E-state index in [1.54, 1.807) is 0 Å². The van der Waals surface area contributed by atoms with Crippen molar-refractivity contribution < 1.29 is 0 Å². The Bertz CT molecular complexity index is 1390. The van der Waals surface area contributed by atoms with Crippen molar-refractivity contribution in [2.45, 2.75) is 162 Å². The van der Waals surface area contributed by atoms with Crippen LogP contribution in [0.2, 0.25) is 0 Å². The van der Waals surface area contributed by atoms with Gasteiger partial charge in [-0.05, 0) is 121 Å². The molecule has 0 aliphatic rings. The molecule has 0 aliphatic heterocycles. The maximum atomic E-state index is 6.25. The van der Waals surface area contributed by atoms with Crippen LogP contribution >= 0.6 is 0 Å². The van der Waals surface area contributed by atoms with Crippen LogP contribution in [0, 0.1) is 0 Å². The number of hydrogen-bond acceptors (Lipinski definition) is 2. The Morgan fingerprint density at radius 1 is 0.314 bits per heavy atom. The second kappa shape index (κ2) is 23.9. The van der Waals surface area contributed by atoms with E-state index in [1.807, 2.05) is 0 Å². The fourth-order valence-corrected chi connectivity index (χ4v) is 7.47. The molecular formula is C49H70N2. The molecule has 0 unspecified atom stereocenters. The molecule has 4 aromatic carbocycles. The minimum absolute atomic E-state index is 0.947. The Morgan fingerprint density at radius 2 is 0.608 bits per heavy atom. The molecule has 0 radical (unpaired) electrons. The molecule has 51 heavy (non-hydrogen) atoms. The Morgan fingerprint density at radius 3 is 0.961 bits per heavy atom. The lowest BCUT2D eigenvalue weighted by atomic mass is 9.97. The minimum atomic E-state index is 0.947. The molecular weight excluding hydrogens is 617 g/mol. The number of hydrogen-bond donors (Lipinski definition) is 2. The Hall–Kier alpha value is -3.52. The first-order valence-electron chi connectivity index (χ1n) is 20.9. The fraction of sp³-hybridized carbons (Fsp3) is 0.510. The van der Waals surface area contributed by atoms with Crippen LogP contribution in [0.15, 0.2) is 84.9 Å². The Labute approximate surface area is 312 Å². The van der Waals surface area contributed by atoms with Crippen LogP contribution in [-0.4, -0.2) is 0 Å². The SMILES string of the molecule is CCCCCc1cc(Cc2ccc(CCCCCCCCCCCCCc3ccc(Cc4ccc(N)c(CCCCC)c4)cc3)cc2)ccc1N. The van der Waals surface area contributed by atoms with Gasteiger partial charge in [0.2, 0.25) is 0 Å². The standard InChI is InChI=1S/C49H70N2/c1-3-5-16-22-46-38-44(32-34-48(46)50)36-42-28-24-40(25-29-42)20-18-14-12-10-8-7-9-11-13-15-19-21-41-26-30-43(31-27-41)37-45-33-35-49(51)47(39-45)23-17-6-4-2/h24-35,38-39H,3-23,36-37,50-51H2,1-2H3. The molecule has 2 nitrogen and oxygen atoms in total. The van der Waals surface area contributed by atoms with E-state index in [4.69, 9.17) is 11.5 Å². The summed E-state index contributed by atoms with van der Waals surface area (Å²) in [6.07, 6.45) is 29.2. The number of rotatable bonds is 26. The fourth-order valence-electron chi connectivity index (χ4n) is 7.47. The first-order chi connectivity index (χ1) is 25.0. The number of nitrogen functional groups attached to an aromatic ring is 2. The van der Waals surface area contributed by atoms with Crippen molar-refractivity contribution in [2.75, 3.05) is 11.5 Å². The number of unbranched alkanes of at least 4 members (excludes halogenated alkanes) is 14. The zero-order valence-electron chi connectivity index (χ0n) is 32.5. The molecule has 0 spiro atoms. The molecule has 276 valence electrons.